The van der Waals surface area contributed by atoms with Gasteiger partial charge < -0.3 is 14.2 Å². The maximum Gasteiger partial charge on any atom is 0.347 e. The van der Waals surface area contributed by atoms with Crippen molar-refractivity contribution in [2.45, 2.75) is 46.1 Å². The van der Waals surface area contributed by atoms with Crippen LogP contribution < -0.4 is 15.0 Å². The van der Waals surface area contributed by atoms with Gasteiger partial charge in [-0.05, 0) is 44.5 Å². The Balaban J connectivity index is 2.12. The number of methoxy groups -OCH3 is 1. The van der Waals surface area contributed by atoms with Crippen LogP contribution in [0.15, 0.2) is 44.7 Å². The molecule has 12 heteroatoms. The predicted octanol–water partition coefficient (Wildman–Crippen LogP) is 4.80. The Labute approximate surface area is 221 Å². The minimum Gasteiger partial charge on any atom is -0.493 e. The first kappa shape index (κ1) is 27.8. The summed E-state index contributed by atoms with van der Waals surface area (Å²) in [7, 11) is 1.32. The molecule has 0 N–H and O–H groups in total. The van der Waals surface area contributed by atoms with Crippen molar-refractivity contribution in [3.05, 3.63) is 66.7 Å². The summed E-state index contributed by atoms with van der Waals surface area (Å²) in [5.74, 6) is -0.496. The van der Waals surface area contributed by atoms with E-state index in [0.29, 0.717) is 23.1 Å². The number of nitro groups is 1. The monoisotopic (exact) mass is 574 g/mol. The third kappa shape index (κ3) is 6.13. The number of fused-ring (bicyclic) bond motifs is 1. The van der Waals surface area contributed by atoms with Crippen LogP contribution in [0.4, 0.5) is 5.69 Å². The fourth-order valence-corrected chi connectivity index (χ4v) is 3.84. The molecule has 0 saturated heterocycles. The van der Waals surface area contributed by atoms with E-state index in [0.717, 1.165) is 4.47 Å². The van der Waals surface area contributed by atoms with E-state index >= 15 is 0 Å². The fraction of sp³-hybridized carbons (Fsp3) is 0.360. The molecule has 3 aromatic rings. The number of hydrogen-bond acceptors (Lipinski definition) is 9. The minimum atomic E-state index is -1.10. The zero-order valence-corrected chi connectivity index (χ0v) is 22.6. The fourth-order valence-electron chi connectivity index (χ4n) is 3.48. The van der Waals surface area contributed by atoms with Gasteiger partial charge in [0.15, 0.2) is 11.9 Å². The normalized spacial score (nSPS) is 12.9. The molecule has 0 radical (unpaired) electrons. The quantitative estimate of drug-likeness (QED) is 0.146. The van der Waals surface area contributed by atoms with Crippen LogP contribution in [-0.2, 0) is 9.53 Å². The number of carbonyl (C=O) groups excluding carboxylic acids is 1. The highest BCUT2D eigenvalue weighted by atomic mass is 79.9. The van der Waals surface area contributed by atoms with Gasteiger partial charge >= 0.3 is 11.7 Å². The largest absolute Gasteiger partial charge is 0.493 e. The van der Waals surface area contributed by atoms with Crippen LogP contribution >= 0.6 is 15.9 Å². The van der Waals surface area contributed by atoms with Crippen molar-refractivity contribution in [3.8, 4) is 11.5 Å². The van der Waals surface area contributed by atoms with Gasteiger partial charge in [-0.3, -0.25) is 14.9 Å². The van der Waals surface area contributed by atoms with Crippen molar-refractivity contribution in [2.24, 2.45) is 5.10 Å². The second kappa shape index (κ2) is 12.0. The molecule has 3 rings (SSSR count). The van der Waals surface area contributed by atoms with Gasteiger partial charge in [0.25, 0.3) is 5.56 Å². The summed E-state index contributed by atoms with van der Waals surface area (Å²) >= 11 is 3.37. The Bertz CT molecular complexity index is 1420. The molecular formula is C25H27BrN4O7. The Morgan fingerprint density at radius 2 is 2.00 bits per heavy atom. The minimum absolute atomic E-state index is 0.0156. The summed E-state index contributed by atoms with van der Waals surface area (Å²) in [4.78, 5) is 41.2. The summed E-state index contributed by atoms with van der Waals surface area (Å²) in [6.45, 7) is 7.11. The number of esters is 1. The molecule has 0 aliphatic heterocycles. The molecule has 0 saturated carbocycles. The molecular weight excluding hydrogens is 548 g/mol. The first-order valence-corrected chi connectivity index (χ1v) is 12.4. The molecule has 2 aromatic carbocycles. The summed E-state index contributed by atoms with van der Waals surface area (Å²) in [5.41, 5.74) is 0.00930. The Kier molecular flexibility index (Phi) is 8.98. The molecule has 2 atom stereocenters. The van der Waals surface area contributed by atoms with Crippen molar-refractivity contribution < 1.29 is 23.9 Å². The number of rotatable bonds is 10. The molecule has 0 fully saturated rings. The highest BCUT2D eigenvalue weighted by molar-refractivity contribution is 9.10. The molecule has 0 amide bonds. The first-order valence-electron chi connectivity index (χ1n) is 11.6. The zero-order chi connectivity index (χ0) is 27.3. The molecule has 0 bridgehead atoms. The van der Waals surface area contributed by atoms with Gasteiger partial charge in [-0.15, -0.1) is 0 Å². The van der Waals surface area contributed by atoms with E-state index in [1.807, 2.05) is 13.8 Å². The zero-order valence-electron chi connectivity index (χ0n) is 21.1. The molecule has 0 aliphatic rings. The van der Waals surface area contributed by atoms with Crippen LogP contribution in [0.1, 0.15) is 51.4 Å². The lowest BCUT2D eigenvalue weighted by atomic mass is 10.1. The lowest BCUT2D eigenvalue weighted by Crippen LogP contribution is -2.26. The van der Waals surface area contributed by atoms with Gasteiger partial charge in [-0.25, -0.2) is 9.78 Å². The van der Waals surface area contributed by atoms with Crippen LogP contribution in [-0.4, -0.2) is 46.6 Å². The van der Waals surface area contributed by atoms with E-state index < -0.39 is 22.7 Å². The Hall–Kier alpha value is -3.80. The van der Waals surface area contributed by atoms with Gasteiger partial charge in [0.05, 0.1) is 35.8 Å². The summed E-state index contributed by atoms with van der Waals surface area (Å²) in [6.07, 6.45) is 0.924. The van der Waals surface area contributed by atoms with E-state index in [4.69, 9.17) is 14.2 Å². The van der Waals surface area contributed by atoms with Gasteiger partial charge in [0, 0.05) is 22.0 Å². The molecule has 1 aromatic heterocycles. The van der Waals surface area contributed by atoms with E-state index in [2.05, 4.69) is 26.0 Å². The summed E-state index contributed by atoms with van der Waals surface area (Å²) in [5, 5.41) is 16.6. The topological polar surface area (TPSA) is 135 Å². The summed E-state index contributed by atoms with van der Waals surface area (Å²) < 4.78 is 17.7. The van der Waals surface area contributed by atoms with Crippen LogP contribution in [0.2, 0.25) is 0 Å². The predicted molar refractivity (Wildman–Crippen MR) is 142 cm³/mol. The van der Waals surface area contributed by atoms with E-state index in [1.165, 1.54) is 37.1 Å². The van der Waals surface area contributed by atoms with Crippen LogP contribution in [0, 0.1) is 10.1 Å². The smallest absolute Gasteiger partial charge is 0.347 e. The second-order valence-electron chi connectivity index (χ2n) is 8.14. The third-order valence-electron chi connectivity index (χ3n) is 5.60. The van der Waals surface area contributed by atoms with Crippen molar-refractivity contribution in [3.63, 3.8) is 0 Å². The number of carbonyl (C=O) groups is 1. The van der Waals surface area contributed by atoms with Gasteiger partial charge in [-0.2, -0.15) is 9.78 Å². The van der Waals surface area contributed by atoms with Crippen molar-refractivity contribution >= 4 is 44.7 Å². The van der Waals surface area contributed by atoms with E-state index in [1.54, 1.807) is 25.1 Å². The maximum absolute atomic E-state index is 13.3. The van der Waals surface area contributed by atoms with Gasteiger partial charge in [0.1, 0.15) is 5.82 Å². The molecule has 37 heavy (non-hydrogen) atoms. The SMILES string of the molecule is CCOC(=O)[C@H](C)Oc1c(OC)cc(C=Nn2c([C@@H](C)CC)nc3ccc(Br)cc3c2=O)cc1[N+](=O)[O-]. The second-order valence-corrected chi connectivity index (χ2v) is 9.06. The average Bonchev–Trinajstić information content (AvgIpc) is 2.88. The summed E-state index contributed by atoms with van der Waals surface area (Å²) in [6, 6.07) is 7.91. The molecule has 11 nitrogen and oxygen atoms in total. The van der Waals surface area contributed by atoms with Crippen molar-refractivity contribution in [2.75, 3.05) is 13.7 Å². The molecule has 1 heterocycles. The maximum atomic E-state index is 13.3. The highest BCUT2D eigenvalue weighted by Gasteiger charge is 2.27. The van der Waals surface area contributed by atoms with Crippen LogP contribution in [0.3, 0.4) is 0 Å². The number of hydrogen-bond donors (Lipinski definition) is 0. The number of benzene rings is 2. The average molecular weight is 575 g/mol. The Morgan fingerprint density at radius 3 is 2.62 bits per heavy atom. The Morgan fingerprint density at radius 1 is 1.27 bits per heavy atom. The van der Waals surface area contributed by atoms with Gasteiger partial charge in [0.2, 0.25) is 5.75 Å². The third-order valence-corrected chi connectivity index (χ3v) is 6.09. The number of aromatic nitrogens is 2. The molecule has 0 spiro atoms. The van der Waals surface area contributed by atoms with Crippen molar-refractivity contribution in [1.82, 2.24) is 9.66 Å². The highest BCUT2D eigenvalue weighted by Crippen LogP contribution is 2.38. The number of nitrogens with zero attached hydrogens (tertiary/aromatic N) is 4. The van der Waals surface area contributed by atoms with Crippen molar-refractivity contribution in [1.29, 1.82) is 0 Å². The van der Waals surface area contributed by atoms with Gasteiger partial charge in [-0.1, -0.05) is 29.8 Å². The first-order chi connectivity index (χ1) is 17.6. The standard InChI is InChI=1S/C25H27BrN4O7/c1-6-14(3)23-28-19-9-8-17(26)12-18(19)24(31)29(23)27-13-16-10-20(30(33)34)22(21(11-16)35-5)37-15(4)25(32)36-7-2/h8-15H,6-7H2,1-5H3/t14-,15-/m0/s1. The lowest BCUT2D eigenvalue weighted by Gasteiger charge is -2.16. The number of halogens is 1. The van der Waals surface area contributed by atoms with E-state index in [-0.39, 0.29) is 35.1 Å². The van der Waals surface area contributed by atoms with Crippen LogP contribution in [0.5, 0.6) is 11.5 Å². The lowest BCUT2D eigenvalue weighted by molar-refractivity contribution is -0.386. The molecule has 0 unspecified atom stereocenters. The van der Waals surface area contributed by atoms with Crippen LogP contribution in [0.25, 0.3) is 10.9 Å². The molecule has 0 aliphatic carbocycles. The number of nitro benzene ring substituents is 1. The van der Waals surface area contributed by atoms with E-state index in [9.17, 15) is 19.7 Å². The number of ether oxygens (including phenoxy) is 3. The molecule has 196 valence electrons.